The molecular formula is C15H19N3O. The Morgan fingerprint density at radius 3 is 2.84 bits per heavy atom. The maximum atomic E-state index is 12.0. The third kappa shape index (κ3) is 3.51. The molecule has 0 saturated heterocycles. The van der Waals surface area contributed by atoms with Crippen molar-refractivity contribution < 1.29 is 4.79 Å². The standard InChI is InChI=1S/C15H19N3O/c1-12-4-2-3-5-13(12)6-7-15(19)18-10-14(8-9-16)17-11-18/h2-5,10-11H,6-9,16H2,1H3. The maximum absolute atomic E-state index is 12.0. The van der Waals surface area contributed by atoms with Crippen LogP contribution < -0.4 is 5.73 Å². The molecule has 1 aromatic carbocycles. The molecular weight excluding hydrogens is 238 g/mol. The molecule has 0 atom stereocenters. The lowest BCUT2D eigenvalue weighted by atomic mass is 10.0. The van der Waals surface area contributed by atoms with Gasteiger partial charge in [-0.2, -0.15) is 0 Å². The Morgan fingerprint density at radius 1 is 1.32 bits per heavy atom. The Hall–Kier alpha value is -1.94. The molecule has 0 aliphatic rings. The zero-order valence-corrected chi connectivity index (χ0v) is 11.2. The highest BCUT2D eigenvalue weighted by atomic mass is 16.2. The minimum atomic E-state index is 0.0685. The van der Waals surface area contributed by atoms with Gasteiger partial charge in [0.25, 0.3) is 0 Å². The van der Waals surface area contributed by atoms with E-state index in [1.165, 1.54) is 11.1 Å². The summed E-state index contributed by atoms with van der Waals surface area (Å²) in [5.41, 5.74) is 8.78. The summed E-state index contributed by atoms with van der Waals surface area (Å²) in [6.45, 7) is 2.62. The third-order valence-electron chi connectivity index (χ3n) is 3.19. The molecule has 0 amide bonds. The monoisotopic (exact) mass is 257 g/mol. The van der Waals surface area contributed by atoms with Crippen molar-refractivity contribution in [2.45, 2.75) is 26.2 Å². The summed E-state index contributed by atoms with van der Waals surface area (Å²) in [4.78, 5) is 16.2. The highest BCUT2D eigenvalue weighted by molar-refractivity contribution is 5.79. The van der Waals surface area contributed by atoms with Crippen LogP contribution in [0.15, 0.2) is 36.8 Å². The van der Waals surface area contributed by atoms with Crippen molar-refractivity contribution in [2.24, 2.45) is 5.73 Å². The Labute approximate surface area is 113 Å². The van der Waals surface area contributed by atoms with Crippen LogP contribution in [0.2, 0.25) is 0 Å². The van der Waals surface area contributed by atoms with Crippen molar-refractivity contribution in [3.8, 4) is 0 Å². The number of nitrogens with zero attached hydrogens (tertiary/aromatic N) is 2. The smallest absolute Gasteiger partial charge is 0.232 e. The molecule has 0 fully saturated rings. The van der Waals surface area contributed by atoms with Crippen LogP contribution in [0, 0.1) is 6.92 Å². The molecule has 2 aromatic rings. The average molecular weight is 257 g/mol. The van der Waals surface area contributed by atoms with E-state index >= 15 is 0 Å². The van der Waals surface area contributed by atoms with Gasteiger partial charge in [0.05, 0.1) is 5.69 Å². The fourth-order valence-corrected chi connectivity index (χ4v) is 2.04. The van der Waals surface area contributed by atoms with E-state index in [9.17, 15) is 4.79 Å². The predicted molar refractivity (Wildman–Crippen MR) is 75.1 cm³/mol. The van der Waals surface area contributed by atoms with Gasteiger partial charge in [0, 0.05) is 19.0 Å². The molecule has 2 N–H and O–H groups in total. The summed E-state index contributed by atoms with van der Waals surface area (Å²) in [5.74, 6) is 0.0685. The fourth-order valence-electron chi connectivity index (χ4n) is 2.04. The Bertz CT molecular complexity index is 560. The first-order valence-corrected chi connectivity index (χ1v) is 6.51. The topological polar surface area (TPSA) is 60.9 Å². The van der Waals surface area contributed by atoms with Gasteiger partial charge in [-0.05, 0) is 31.0 Å². The first-order chi connectivity index (χ1) is 9.20. The molecule has 19 heavy (non-hydrogen) atoms. The molecule has 0 aliphatic carbocycles. The number of aromatic nitrogens is 2. The van der Waals surface area contributed by atoms with Crippen LogP contribution in [0.3, 0.4) is 0 Å². The third-order valence-corrected chi connectivity index (χ3v) is 3.19. The SMILES string of the molecule is Cc1ccccc1CCC(=O)n1cnc(CCN)c1. The van der Waals surface area contributed by atoms with Crippen molar-refractivity contribution in [3.05, 3.63) is 53.6 Å². The minimum absolute atomic E-state index is 0.0685. The van der Waals surface area contributed by atoms with Crippen molar-refractivity contribution >= 4 is 5.91 Å². The molecule has 0 bridgehead atoms. The fraction of sp³-hybridized carbons (Fsp3) is 0.333. The van der Waals surface area contributed by atoms with E-state index in [1.54, 1.807) is 17.1 Å². The van der Waals surface area contributed by atoms with E-state index in [0.717, 1.165) is 12.1 Å². The van der Waals surface area contributed by atoms with Crippen LogP contribution in [-0.4, -0.2) is 22.0 Å². The van der Waals surface area contributed by atoms with Gasteiger partial charge >= 0.3 is 0 Å². The van der Waals surface area contributed by atoms with Crippen LogP contribution >= 0.6 is 0 Å². The Balaban J connectivity index is 1.95. The van der Waals surface area contributed by atoms with Crippen molar-refractivity contribution in [1.82, 2.24) is 9.55 Å². The lowest BCUT2D eigenvalue weighted by molar-refractivity contribution is 0.0902. The van der Waals surface area contributed by atoms with E-state index < -0.39 is 0 Å². The quantitative estimate of drug-likeness (QED) is 0.890. The van der Waals surface area contributed by atoms with Gasteiger partial charge in [-0.1, -0.05) is 24.3 Å². The number of carbonyl (C=O) groups is 1. The van der Waals surface area contributed by atoms with E-state index in [4.69, 9.17) is 5.73 Å². The molecule has 0 saturated carbocycles. The number of imidazole rings is 1. The van der Waals surface area contributed by atoms with Gasteiger partial charge in [0.1, 0.15) is 6.33 Å². The Kier molecular flexibility index (Phi) is 4.47. The van der Waals surface area contributed by atoms with E-state index in [2.05, 4.69) is 24.0 Å². The molecule has 0 unspecified atom stereocenters. The van der Waals surface area contributed by atoms with Gasteiger partial charge in [-0.15, -0.1) is 0 Å². The zero-order valence-electron chi connectivity index (χ0n) is 11.2. The lowest BCUT2D eigenvalue weighted by Crippen LogP contribution is -2.10. The molecule has 0 aliphatic heterocycles. The second-order valence-electron chi connectivity index (χ2n) is 4.63. The molecule has 1 aromatic heterocycles. The second-order valence-corrected chi connectivity index (χ2v) is 4.63. The number of aryl methyl sites for hydroxylation is 2. The summed E-state index contributed by atoms with van der Waals surface area (Å²) in [5, 5.41) is 0. The summed E-state index contributed by atoms with van der Waals surface area (Å²) >= 11 is 0. The summed E-state index contributed by atoms with van der Waals surface area (Å²) in [6.07, 6.45) is 5.30. The summed E-state index contributed by atoms with van der Waals surface area (Å²) in [6, 6.07) is 8.14. The van der Waals surface area contributed by atoms with Gasteiger partial charge < -0.3 is 5.73 Å². The predicted octanol–water partition coefficient (Wildman–Crippen LogP) is 1.97. The van der Waals surface area contributed by atoms with Crippen LogP contribution in [0.5, 0.6) is 0 Å². The zero-order chi connectivity index (χ0) is 13.7. The van der Waals surface area contributed by atoms with E-state index in [-0.39, 0.29) is 5.91 Å². The molecule has 100 valence electrons. The van der Waals surface area contributed by atoms with Crippen molar-refractivity contribution in [3.63, 3.8) is 0 Å². The van der Waals surface area contributed by atoms with Gasteiger partial charge in [0.2, 0.25) is 5.91 Å². The average Bonchev–Trinajstić information content (AvgIpc) is 2.87. The second kappa shape index (κ2) is 6.29. The molecule has 4 nitrogen and oxygen atoms in total. The molecule has 2 rings (SSSR count). The first-order valence-electron chi connectivity index (χ1n) is 6.51. The number of nitrogens with two attached hydrogens (primary N) is 1. The number of hydrogen-bond donors (Lipinski definition) is 1. The largest absolute Gasteiger partial charge is 0.330 e. The number of carbonyl (C=O) groups excluding carboxylic acids is 1. The van der Waals surface area contributed by atoms with Gasteiger partial charge in [0.15, 0.2) is 0 Å². The summed E-state index contributed by atoms with van der Waals surface area (Å²) in [7, 11) is 0. The molecule has 0 spiro atoms. The van der Waals surface area contributed by atoms with Gasteiger partial charge in [-0.3, -0.25) is 9.36 Å². The minimum Gasteiger partial charge on any atom is -0.330 e. The van der Waals surface area contributed by atoms with E-state index in [1.807, 2.05) is 12.1 Å². The number of rotatable bonds is 5. The normalized spacial score (nSPS) is 10.6. The van der Waals surface area contributed by atoms with Gasteiger partial charge in [-0.25, -0.2) is 4.98 Å². The van der Waals surface area contributed by atoms with Crippen molar-refractivity contribution in [1.29, 1.82) is 0 Å². The Morgan fingerprint density at radius 2 is 2.11 bits per heavy atom. The number of hydrogen-bond acceptors (Lipinski definition) is 3. The van der Waals surface area contributed by atoms with Crippen LogP contribution in [0.1, 0.15) is 28.0 Å². The first kappa shape index (κ1) is 13.5. The summed E-state index contributed by atoms with van der Waals surface area (Å²) < 4.78 is 1.56. The highest BCUT2D eigenvalue weighted by Crippen LogP contribution is 2.10. The lowest BCUT2D eigenvalue weighted by Gasteiger charge is -2.05. The molecule has 4 heteroatoms. The van der Waals surface area contributed by atoms with Crippen LogP contribution in [0.4, 0.5) is 0 Å². The molecule has 1 heterocycles. The number of benzene rings is 1. The van der Waals surface area contributed by atoms with Crippen LogP contribution in [-0.2, 0) is 12.8 Å². The molecule has 0 radical (unpaired) electrons. The van der Waals surface area contributed by atoms with Crippen molar-refractivity contribution in [2.75, 3.05) is 6.54 Å². The van der Waals surface area contributed by atoms with Crippen LogP contribution in [0.25, 0.3) is 0 Å². The van der Waals surface area contributed by atoms with E-state index in [0.29, 0.717) is 19.4 Å². The maximum Gasteiger partial charge on any atom is 0.232 e. The highest BCUT2D eigenvalue weighted by Gasteiger charge is 2.07.